The van der Waals surface area contributed by atoms with E-state index < -0.39 is 11.6 Å². The van der Waals surface area contributed by atoms with Gasteiger partial charge in [0.15, 0.2) is 11.6 Å². The molecule has 1 N–H and O–H groups in total. The van der Waals surface area contributed by atoms with Crippen molar-refractivity contribution in [2.24, 2.45) is 11.8 Å². The van der Waals surface area contributed by atoms with Gasteiger partial charge in [0, 0.05) is 6.04 Å². The normalized spacial score (nSPS) is 24.6. The predicted molar refractivity (Wildman–Crippen MR) is 78.5 cm³/mol. The topological polar surface area (TPSA) is 12.0 Å². The van der Waals surface area contributed by atoms with Gasteiger partial charge in [-0.2, -0.15) is 0 Å². The number of nitrogens with one attached hydrogen (secondary N) is 1. The van der Waals surface area contributed by atoms with Crippen molar-refractivity contribution in [3.8, 4) is 0 Å². The summed E-state index contributed by atoms with van der Waals surface area (Å²) >= 11 is 0. The van der Waals surface area contributed by atoms with E-state index in [1.54, 1.807) is 6.07 Å². The van der Waals surface area contributed by atoms with Crippen molar-refractivity contribution in [3.05, 3.63) is 35.4 Å². The van der Waals surface area contributed by atoms with Gasteiger partial charge in [0.1, 0.15) is 0 Å². The largest absolute Gasteiger partial charge is 0.313 e. The molecule has 1 aliphatic rings. The molecule has 0 saturated heterocycles. The highest BCUT2D eigenvalue weighted by atomic mass is 19.2. The molecular weight excluding hydrogens is 256 g/mol. The van der Waals surface area contributed by atoms with Crippen molar-refractivity contribution in [1.29, 1.82) is 0 Å². The first-order valence-electron chi connectivity index (χ1n) is 7.78. The summed E-state index contributed by atoms with van der Waals surface area (Å²) < 4.78 is 26.5. The molecule has 2 rings (SSSR count). The molecule has 1 aromatic carbocycles. The second kappa shape index (κ2) is 7.16. The van der Waals surface area contributed by atoms with Crippen LogP contribution in [0.4, 0.5) is 8.78 Å². The molecule has 1 saturated carbocycles. The molecule has 0 aliphatic heterocycles. The van der Waals surface area contributed by atoms with Crippen LogP contribution >= 0.6 is 0 Å². The summed E-state index contributed by atoms with van der Waals surface area (Å²) in [7, 11) is 1.91. The van der Waals surface area contributed by atoms with Crippen molar-refractivity contribution in [3.63, 3.8) is 0 Å². The number of hydrogen-bond acceptors (Lipinski definition) is 1. The molecule has 1 nitrogen and oxygen atoms in total. The van der Waals surface area contributed by atoms with Crippen molar-refractivity contribution in [2.45, 2.75) is 51.5 Å². The molecule has 0 heterocycles. The lowest BCUT2D eigenvalue weighted by Crippen LogP contribution is -2.29. The lowest BCUT2D eigenvalue weighted by Gasteiger charge is -2.34. The van der Waals surface area contributed by atoms with Gasteiger partial charge in [-0.15, -0.1) is 0 Å². The van der Waals surface area contributed by atoms with Crippen LogP contribution in [0.15, 0.2) is 18.2 Å². The summed E-state index contributed by atoms with van der Waals surface area (Å²) in [5.41, 5.74) is 0.866. The fourth-order valence-electron chi connectivity index (χ4n) is 3.60. The minimum atomic E-state index is -0.768. The van der Waals surface area contributed by atoms with E-state index in [-0.39, 0.29) is 6.04 Å². The first kappa shape index (κ1) is 15.4. The van der Waals surface area contributed by atoms with E-state index in [1.165, 1.54) is 50.7 Å². The third kappa shape index (κ3) is 3.57. The van der Waals surface area contributed by atoms with Crippen LogP contribution in [0.2, 0.25) is 0 Å². The van der Waals surface area contributed by atoms with E-state index >= 15 is 0 Å². The molecule has 0 aromatic heterocycles. The Labute approximate surface area is 120 Å². The van der Waals surface area contributed by atoms with E-state index in [1.807, 2.05) is 7.05 Å². The second-order valence-electron chi connectivity index (χ2n) is 6.01. The van der Waals surface area contributed by atoms with Crippen molar-refractivity contribution >= 4 is 0 Å². The molecule has 0 amide bonds. The molecule has 0 bridgehead atoms. The van der Waals surface area contributed by atoms with E-state index in [2.05, 4.69) is 12.2 Å². The van der Waals surface area contributed by atoms with Crippen LogP contribution in [-0.4, -0.2) is 7.05 Å². The first-order valence-corrected chi connectivity index (χ1v) is 7.78. The maximum Gasteiger partial charge on any atom is 0.159 e. The zero-order valence-electron chi connectivity index (χ0n) is 12.5. The summed E-state index contributed by atoms with van der Waals surface area (Å²) in [6.45, 7) is 2.24. The van der Waals surface area contributed by atoms with E-state index in [9.17, 15) is 8.78 Å². The maximum absolute atomic E-state index is 13.4. The quantitative estimate of drug-likeness (QED) is 0.815. The van der Waals surface area contributed by atoms with Gasteiger partial charge in [-0.25, -0.2) is 8.78 Å². The lowest BCUT2D eigenvalue weighted by atomic mass is 9.75. The predicted octanol–water partition coefficient (Wildman–Crippen LogP) is 4.83. The molecule has 20 heavy (non-hydrogen) atoms. The number of benzene rings is 1. The van der Waals surface area contributed by atoms with E-state index in [0.29, 0.717) is 5.92 Å². The van der Waals surface area contributed by atoms with Gasteiger partial charge in [0.2, 0.25) is 0 Å². The molecular formula is C17H25F2N. The van der Waals surface area contributed by atoms with Crippen molar-refractivity contribution in [2.75, 3.05) is 7.05 Å². The van der Waals surface area contributed by atoms with Crippen LogP contribution in [0.1, 0.15) is 57.1 Å². The SMILES string of the molecule is CCCC1CCC(C(NC)c2ccc(F)c(F)c2)CC1. The molecule has 3 heteroatoms. The highest BCUT2D eigenvalue weighted by Crippen LogP contribution is 2.38. The summed E-state index contributed by atoms with van der Waals surface area (Å²) in [6.07, 6.45) is 7.46. The van der Waals surface area contributed by atoms with Crippen molar-refractivity contribution in [1.82, 2.24) is 5.32 Å². The van der Waals surface area contributed by atoms with Crippen LogP contribution < -0.4 is 5.32 Å². The second-order valence-corrected chi connectivity index (χ2v) is 6.01. The first-order chi connectivity index (χ1) is 9.65. The monoisotopic (exact) mass is 281 g/mol. The van der Waals surface area contributed by atoms with Gasteiger partial charge < -0.3 is 5.32 Å². The fraction of sp³-hybridized carbons (Fsp3) is 0.647. The molecule has 1 unspecified atom stereocenters. The summed E-state index contributed by atoms with van der Waals surface area (Å²) in [6, 6.07) is 4.41. The van der Waals surface area contributed by atoms with Gasteiger partial charge in [-0.1, -0.05) is 38.7 Å². The molecule has 0 radical (unpaired) electrons. The lowest BCUT2D eigenvalue weighted by molar-refractivity contribution is 0.219. The third-order valence-electron chi connectivity index (χ3n) is 4.67. The summed E-state index contributed by atoms with van der Waals surface area (Å²) in [5.74, 6) is -0.130. The van der Waals surface area contributed by atoms with E-state index in [0.717, 1.165) is 11.5 Å². The van der Waals surface area contributed by atoms with Crippen LogP contribution in [0.3, 0.4) is 0 Å². The Kier molecular flexibility index (Phi) is 5.53. The Morgan fingerprint density at radius 3 is 2.40 bits per heavy atom. The number of rotatable bonds is 5. The Morgan fingerprint density at radius 1 is 1.15 bits per heavy atom. The average molecular weight is 281 g/mol. The van der Waals surface area contributed by atoms with Gasteiger partial charge in [-0.05, 0) is 49.4 Å². The third-order valence-corrected chi connectivity index (χ3v) is 4.67. The smallest absolute Gasteiger partial charge is 0.159 e. The van der Waals surface area contributed by atoms with Crippen LogP contribution in [-0.2, 0) is 0 Å². The highest BCUT2D eigenvalue weighted by molar-refractivity contribution is 5.22. The Morgan fingerprint density at radius 2 is 1.85 bits per heavy atom. The minimum Gasteiger partial charge on any atom is -0.313 e. The molecule has 1 aliphatic carbocycles. The number of halogens is 2. The molecule has 0 spiro atoms. The van der Waals surface area contributed by atoms with E-state index in [4.69, 9.17) is 0 Å². The van der Waals surface area contributed by atoms with Gasteiger partial charge in [-0.3, -0.25) is 0 Å². The Bertz CT molecular complexity index is 425. The van der Waals surface area contributed by atoms with Crippen molar-refractivity contribution < 1.29 is 8.78 Å². The number of hydrogen-bond donors (Lipinski definition) is 1. The fourth-order valence-corrected chi connectivity index (χ4v) is 3.60. The van der Waals surface area contributed by atoms with Crippen LogP contribution in [0.25, 0.3) is 0 Å². The van der Waals surface area contributed by atoms with Gasteiger partial charge >= 0.3 is 0 Å². The molecule has 112 valence electrons. The Balaban J connectivity index is 2.03. The van der Waals surface area contributed by atoms with Gasteiger partial charge in [0.25, 0.3) is 0 Å². The zero-order chi connectivity index (χ0) is 14.5. The molecule has 1 atom stereocenters. The molecule has 1 aromatic rings. The maximum atomic E-state index is 13.4. The zero-order valence-corrected chi connectivity index (χ0v) is 12.5. The van der Waals surface area contributed by atoms with Crippen LogP contribution in [0, 0.1) is 23.5 Å². The minimum absolute atomic E-state index is 0.132. The van der Waals surface area contributed by atoms with Crippen LogP contribution in [0.5, 0.6) is 0 Å². The summed E-state index contributed by atoms with van der Waals surface area (Å²) in [5, 5.41) is 3.29. The highest BCUT2D eigenvalue weighted by Gasteiger charge is 2.27. The Hall–Kier alpha value is -0.960. The average Bonchev–Trinajstić information content (AvgIpc) is 2.46. The van der Waals surface area contributed by atoms with Gasteiger partial charge in [0.05, 0.1) is 0 Å². The standard InChI is InChI=1S/C17H25F2N/c1-3-4-12-5-7-13(8-6-12)17(20-2)14-9-10-15(18)16(19)11-14/h9-13,17,20H,3-8H2,1-2H3. The summed E-state index contributed by atoms with van der Waals surface area (Å²) in [4.78, 5) is 0. The molecule has 1 fully saturated rings.